The number of methoxy groups -OCH3 is 1. The predicted molar refractivity (Wildman–Crippen MR) is 203 cm³/mol. The van der Waals surface area contributed by atoms with Crippen molar-refractivity contribution >= 4 is 47.2 Å². The molecule has 18 nitrogen and oxygen atoms in total. The number of nitrogens with two attached hydrogens (primary N) is 2. The maximum absolute atomic E-state index is 13.3. The van der Waals surface area contributed by atoms with Crippen LogP contribution in [0.4, 0.5) is 22.7 Å². The third kappa shape index (κ3) is 10.6. The average Bonchev–Trinajstić information content (AvgIpc) is 3.56. The van der Waals surface area contributed by atoms with E-state index in [9.17, 15) is 24.5 Å². The Hall–Kier alpha value is -6.45. The number of rotatable bonds is 18. The first kappa shape index (κ1) is 40.3. The monoisotopic (exact) mass is 744 g/mol. The summed E-state index contributed by atoms with van der Waals surface area (Å²) in [5.74, 6) is 4.28. The molecule has 54 heavy (non-hydrogen) atoms. The third-order valence-electron chi connectivity index (χ3n) is 8.19. The van der Waals surface area contributed by atoms with E-state index in [-0.39, 0.29) is 66.3 Å². The Morgan fingerprint density at radius 1 is 1.11 bits per heavy atom. The van der Waals surface area contributed by atoms with Crippen LogP contribution in [0.3, 0.4) is 0 Å². The van der Waals surface area contributed by atoms with E-state index in [1.54, 1.807) is 34.7 Å². The van der Waals surface area contributed by atoms with Crippen molar-refractivity contribution in [3.05, 3.63) is 75.1 Å². The van der Waals surface area contributed by atoms with Crippen LogP contribution >= 0.6 is 0 Å². The molecular weight excluding hydrogens is 700 g/mol. The number of carbonyl (C=O) groups is 3. The Balaban J connectivity index is 1.56. The highest BCUT2D eigenvalue weighted by Crippen LogP contribution is 2.39. The van der Waals surface area contributed by atoms with Crippen molar-refractivity contribution in [3.8, 4) is 23.3 Å². The van der Waals surface area contributed by atoms with Gasteiger partial charge in [0.2, 0.25) is 11.8 Å². The van der Waals surface area contributed by atoms with Gasteiger partial charge in [-0.15, -0.1) is 0 Å². The fourth-order valence-electron chi connectivity index (χ4n) is 5.51. The maximum atomic E-state index is 13.3. The number of hydrogen-bond acceptors (Lipinski definition) is 13. The zero-order valence-electron chi connectivity index (χ0n) is 30.4. The van der Waals surface area contributed by atoms with Gasteiger partial charge in [-0.1, -0.05) is 24.0 Å². The molecule has 2 heterocycles. The van der Waals surface area contributed by atoms with Crippen LogP contribution in [0.15, 0.2) is 47.5 Å². The van der Waals surface area contributed by atoms with Gasteiger partial charge >= 0.3 is 0 Å². The zero-order chi connectivity index (χ0) is 39.2. The molecule has 1 aromatic heterocycles. The van der Waals surface area contributed by atoms with Gasteiger partial charge in [-0.3, -0.25) is 39.1 Å². The molecule has 0 aliphatic carbocycles. The molecule has 0 saturated carbocycles. The SMILES string of the molecule is C=Nc1cc(C(N)=O)cc(OC)c1N(C/C=C/CNc1c(OCC#CCN2CCOCC2)cc(C(N)=O)cc1[N+](=O)[O-])CNC(=O)c1cc(C)nn1CC. The van der Waals surface area contributed by atoms with E-state index in [2.05, 4.69) is 44.2 Å². The quantitative estimate of drug-likeness (QED) is 0.0367. The molecule has 1 saturated heterocycles. The summed E-state index contributed by atoms with van der Waals surface area (Å²) in [5, 5.41) is 22.3. The molecule has 0 radical (unpaired) electrons. The van der Waals surface area contributed by atoms with E-state index < -0.39 is 22.4 Å². The Labute approximate surface area is 312 Å². The Morgan fingerprint density at radius 2 is 1.81 bits per heavy atom. The molecule has 0 spiro atoms. The lowest BCUT2D eigenvalue weighted by Crippen LogP contribution is -2.39. The summed E-state index contributed by atoms with van der Waals surface area (Å²) >= 11 is 0. The van der Waals surface area contributed by atoms with Gasteiger partial charge in [0.25, 0.3) is 11.6 Å². The topological polar surface area (TPSA) is 235 Å². The molecule has 286 valence electrons. The second-order valence-corrected chi connectivity index (χ2v) is 11.8. The van der Waals surface area contributed by atoms with E-state index in [0.29, 0.717) is 43.4 Å². The number of nitrogens with one attached hydrogen (secondary N) is 2. The van der Waals surface area contributed by atoms with Crippen molar-refractivity contribution < 1.29 is 33.5 Å². The number of nitrogens with zero attached hydrogens (tertiary/aromatic N) is 6. The minimum atomic E-state index is -0.859. The largest absolute Gasteiger partial charge is 0.494 e. The molecule has 6 N–H and O–H groups in total. The number of carbonyl (C=O) groups excluding carboxylic acids is 3. The van der Waals surface area contributed by atoms with Gasteiger partial charge < -0.3 is 41.2 Å². The lowest BCUT2D eigenvalue weighted by atomic mass is 10.1. The van der Waals surface area contributed by atoms with Crippen LogP contribution in [0, 0.1) is 28.9 Å². The number of ether oxygens (including phenoxy) is 3. The van der Waals surface area contributed by atoms with E-state index >= 15 is 0 Å². The smallest absolute Gasteiger partial charge is 0.296 e. The van der Waals surface area contributed by atoms with Crippen LogP contribution in [0.5, 0.6) is 11.5 Å². The third-order valence-corrected chi connectivity index (χ3v) is 8.19. The fourth-order valence-corrected chi connectivity index (χ4v) is 5.51. The number of morpholine rings is 1. The van der Waals surface area contributed by atoms with Crippen molar-refractivity contribution in [2.75, 3.05) is 76.5 Å². The lowest BCUT2D eigenvalue weighted by molar-refractivity contribution is -0.384. The molecular formula is C36H44N10O8. The van der Waals surface area contributed by atoms with Crippen LogP contribution in [0.25, 0.3) is 0 Å². The molecule has 0 bridgehead atoms. The zero-order valence-corrected chi connectivity index (χ0v) is 30.4. The molecule has 0 atom stereocenters. The van der Waals surface area contributed by atoms with Gasteiger partial charge in [0.15, 0.2) is 11.4 Å². The van der Waals surface area contributed by atoms with Crippen molar-refractivity contribution in [1.82, 2.24) is 20.0 Å². The number of benzene rings is 2. The van der Waals surface area contributed by atoms with Gasteiger partial charge in [0, 0.05) is 49.9 Å². The van der Waals surface area contributed by atoms with E-state index in [1.807, 2.05) is 6.92 Å². The highest BCUT2D eigenvalue weighted by Gasteiger charge is 2.24. The summed E-state index contributed by atoms with van der Waals surface area (Å²) in [6, 6.07) is 7.01. The number of nitro groups is 1. The summed E-state index contributed by atoms with van der Waals surface area (Å²) in [4.78, 5) is 56.7. The first-order valence-electron chi connectivity index (χ1n) is 16.9. The van der Waals surface area contributed by atoms with Gasteiger partial charge in [0.1, 0.15) is 23.7 Å². The summed E-state index contributed by atoms with van der Waals surface area (Å²) in [7, 11) is 1.42. The summed E-state index contributed by atoms with van der Waals surface area (Å²) in [5.41, 5.74) is 12.4. The highest BCUT2D eigenvalue weighted by atomic mass is 16.6. The number of aromatic nitrogens is 2. The van der Waals surface area contributed by atoms with E-state index in [1.165, 1.54) is 25.3 Å². The van der Waals surface area contributed by atoms with Crippen LogP contribution in [0.1, 0.15) is 43.8 Å². The minimum Gasteiger partial charge on any atom is -0.494 e. The van der Waals surface area contributed by atoms with E-state index in [0.717, 1.165) is 19.2 Å². The second kappa shape index (κ2) is 19.4. The van der Waals surface area contributed by atoms with Crippen molar-refractivity contribution in [1.29, 1.82) is 0 Å². The van der Waals surface area contributed by atoms with E-state index in [4.69, 9.17) is 25.7 Å². The standard InChI is InChI=1S/C36H44N10O8/c1-5-45-29(18-24(2)42-45)36(49)41-23-44(33-27(39-3)19-25(34(37)47)22-31(33)52-4)12-7-6-10-40-32-28(46(50)51)20-26(35(38)48)21-30(32)54-15-9-8-11-43-13-16-53-17-14-43/h6-7,18-22,40H,3,5,10-17,23H2,1-2,4H3,(H2,37,47)(H2,38,48)(H,41,49)/b7-6+. The summed E-state index contributed by atoms with van der Waals surface area (Å²) in [6.07, 6.45) is 3.45. The first-order valence-corrected chi connectivity index (χ1v) is 16.9. The summed E-state index contributed by atoms with van der Waals surface area (Å²) in [6.45, 7) is 11.2. The molecule has 4 rings (SSSR count). The van der Waals surface area contributed by atoms with Crippen molar-refractivity contribution in [3.63, 3.8) is 0 Å². The Kier molecular flexibility index (Phi) is 14.5. The van der Waals surface area contributed by atoms with Crippen LogP contribution in [-0.2, 0) is 11.3 Å². The van der Waals surface area contributed by atoms with Gasteiger partial charge in [-0.05, 0) is 44.8 Å². The normalized spacial score (nSPS) is 12.7. The molecule has 3 amide bonds. The molecule has 18 heteroatoms. The Morgan fingerprint density at radius 3 is 2.46 bits per heavy atom. The lowest BCUT2D eigenvalue weighted by Gasteiger charge is -2.27. The van der Waals surface area contributed by atoms with Gasteiger partial charge in [-0.2, -0.15) is 5.10 Å². The van der Waals surface area contributed by atoms with Crippen LogP contribution < -0.4 is 36.5 Å². The molecule has 1 aliphatic rings. The molecule has 3 aromatic rings. The molecule has 2 aromatic carbocycles. The number of nitro benzene ring substituents is 1. The second-order valence-electron chi connectivity index (χ2n) is 11.8. The molecule has 0 unspecified atom stereocenters. The van der Waals surface area contributed by atoms with Crippen molar-refractivity contribution in [2.24, 2.45) is 16.5 Å². The minimum absolute atomic E-state index is 0.0263. The summed E-state index contributed by atoms with van der Waals surface area (Å²) < 4.78 is 18.4. The molecule has 1 aliphatic heterocycles. The van der Waals surface area contributed by atoms with Gasteiger partial charge in [-0.25, -0.2) is 0 Å². The number of amides is 3. The van der Waals surface area contributed by atoms with Crippen LogP contribution in [0.2, 0.25) is 0 Å². The number of anilines is 2. The molecule has 1 fully saturated rings. The number of aryl methyl sites for hydroxylation is 2. The van der Waals surface area contributed by atoms with Gasteiger partial charge in [0.05, 0.1) is 49.8 Å². The number of aliphatic imine (C=N–C) groups is 1. The van der Waals surface area contributed by atoms with Crippen LogP contribution in [-0.4, -0.2) is 110 Å². The fraction of sp³-hybridized carbons (Fsp3) is 0.361. The number of hydrogen-bond donors (Lipinski definition) is 4. The maximum Gasteiger partial charge on any atom is 0.296 e. The van der Waals surface area contributed by atoms with Crippen molar-refractivity contribution in [2.45, 2.75) is 20.4 Å². The Bertz CT molecular complexity index is 1960. The predicted octanol–water partition coefficient (Wildman–Crippen LogP) is 2.23. The first-order chi connectivity index (χ1) is 26.0. The average molecular weight is 745 g/mol. The number of primary amides is 2. The highest BCUT2D eigenvalue weighted by molar-refractivity contribution is 5.97.